The summed E-state index contributed by atoms with van der Waals surface area (Å²) in [5, 5.41) is 16.9. The number of thioether (sulfide) groups is 1. The SMILES string of the molecule is CC(CO)CSCc1nnc(C(C)(C)C)o1. The topological polar surface area (TPSA) is 59.2 Å². The Kier molecular flexibility index (Phi) is 4.80. The normalized spacial score (nSPS) is 14.1. The Balaban J connectivity index is 2.41. The third kappa shape index (κ3) is 4.14. The first-order chi connectivity index (χ1) is 7.43. The van der Waals surface area contributed by atoms with Gasteiger partial charge in [-0.1, -0.05) is 27.7 Å². The molecule has 0 aliphatic rings. The van der Waals surface area contributed by atoms with Gasteiger partial charge in [0.1, 0.15) is 0 Å². The lowest BCUT2D eigenvalue weighted by Gasteiger charge is -2.11. The second-order valence-electron chi connectivity index (χ2n) is 5.05. The lowest BCUT2D eigenvalue weighted by atomic mass is 9.97. The van der Waals surface area contributed by atoms with E-state index in [2.05, 4.69) is 10.2 Å². The van der Waals surface area contributed by atoms with Crippen molar-refractivity contribution < 1.29 is 9.52 Å². The Hall–Kier alpha value is -0.550. The summed E-state index contributed by atoms with van der Waals surface area (Å²) in [6, 6.07) is 0. The maximum absolute atomic E-state index is 8.88. The minimum atomic E-state index is -0.0890. The van der Waals surface area contributed by atoms with E-state index in [0.29, 0.717) is 23.5 Å². The molecule has 0 aliphatic heterocycles. The van der Waals surface area contributed by atoms with E-state index in [1.165, 1.54) is 0 Å². The highest BCUT2D eigenvalue weighted by Crippen LogP contribution is 2.22. The summed E-state index contributed by atoms with van der Waals surface area (Å²) >= 11 is 1.71. The zero-order chi connectivity index (χ0) is 12.2. The third-order valence-corrected chi connectivity index (χ3v) is 3.30. The highest BCUT2D eigenvalue weighted by molar-refractivity contribution is 7.98. The van der Waals surface area contributed by atoms with Crippen molar-refractivity contribution >= 4 is 11.8 Å². The molecule has 1 aromatic heterocycles. The van der Waals surface area contributed by atoms with Crippen LogP contribution in [0.3, 0.4) is 0 Å². The van der Waals surface area contributed by atoms with Gasteiger partial charge in [0.05, 0.1) is 5.75 Å². The van der Waals surface area contributed by atoms with Gasteiger partial charge in [0.2, 0.25) is 11.8 Å². The van der Waals surface area contributed by atoms with Crippen LogP contribution in [0.4, 0.5) is 0 Å². The highest BCUT2D eigenvalue weighted by atomic mass is 32.2. The van der Waals surface area contributed by atoms with Crippen LogP contribution in [0.15, 0.2) is 4.42 Å². The average Bonchev–Trinajstić information content (AvgIpc) is 2.65. The number of aromatic nitrogens is 2. The summed E-state index contributed by atoms with van der Waals surface area (Å²) in [6.07, 6.45) is 0. The standard InChI is InChI=1S/C11H20N2O2S/c1-8(5-14)6-16-7-9-12-13-10(15-9)11(2,3)4/h8,14H,5-7H2,1-4H3. The maximum Gasteiger partial charge on any atom is 0.226 e. The highest BCUT2D eigenvalue weighted by Gasteiger charge is 2.21. The molecule has 5 heteroatoms. The number of hydrogen-bond donors (Lipinski definition) is 1. The van der Waals surface area contributed by atoms with Crippen molar-refractivity contribution in [1.82, 2.24) is 10.2 Å². The quantitative estimate of drug-likeness (QED) is 0.860. The Morgan fingerprint density at radius 1 is 1.38 bits per heavy atom. The summed E-state index contributed by atoms with van der Waals surface area (Å²) in [4.78, 5) is 0. The van der Waals surface area contributed by atoms with Gasteiger partial charge in [0, 0.05) is 12.0 Å². The molecule has 0 amide bonds. The largest absolute Gasteiger partial charge is 0.424 e. The minimum Gasteiger partial charge on any atom is -0.424 e. The van der Waals surface area contributed by atoms with Crippen LogP contribution in [0.2, 0.25) is 0 Å². The van der Waals surface area contributed by atoms with E-state index in [-0.39, 0.29) is 12.0 Å². The monoisotopic (exact) mass is 244 g/mol. The van der Waals surface area contributed by atoms with Crippen LogP contribution in [0.5, 0.6) is 0 Å². The molecule has 0 radical (unpaired) electrons. The molecular formula is C11H20N2O2S. The molecule has 1 rings (SSSR count). The molecular weight excluding hydrogens is 224 g/mol. The summed E-state index contributed by atoms with van der Waals surface area (Å²) < 4.78 is 5.56. The van der Waals surface area contributed by atoms with Crippen molar-refractivity contribution in [3.8, 4) is 0 Å². The van der Waals surface area contributed by atoms with E-state index in [1.54, 1.807) is 11.8 Å². The maximum atomic E-state index is 8.88. The first-order valence-electron chi connectivity index (χ1n) is 5.45. The molecule has 4 nitrogen and oxygen atoms in total. The van der Waals surface area contributed by atoms with Gasteiger partial charge in [-0.3, -0.25) is 0 Å². The molecule has 0 saturated carbocycles. The van der Waals surface area contributed by atoms with Gasteiger partial charge < -0.3 is 9.52 Å². The molecule has 0 spiro atoms. The second-order valence-corrected chi connectivity index (χ2v) is 6.08. The Morgan fingerprint density at radius 2 is 2.06 bits per heavy atom. The van der Waals surface area contributed by atoms with E-state index in [1.807, 2.05) is 27.7 Å². The van der Waals surface area contributed by atoms with E-state index in [0.717, 1.165) is 5.75 Å². The lowest BCUT2D eigenvalue weighted by molar-refractivity contribution is 0.250. The molecule has 0 aliphatic carbocycles. The van der Waals surface area contributed by atoms with E-state index >= 15 is 0 Å². The first-order valence-corrected chi connectivity index (χ1v) is 6.60. The summed E-state index contributed by atoms with van der Waals surface area (Å²) in [7, 11) is 0. The molecule has 92 valence electrons. The second kappa shape index (κ2) is 5.68. The van der Waals surface area contributed by atoms with Crippen molar-refractivity contribution in [3.05, 3.63) is 11.8 Å². The fourth-order valence-corrected chi connectivity index (χ4v) is 1.93. The molecule has 0 saturated heterocycles. The number of aliphatic hydroxyl groups is 1. The molecule has 16 heavy (non-hydrogen) atoms. The summed E-state index contributed by atoms with van der Waals surface area (Å²) in [5.74, 6) is 3.28. The Labute approximate surface area is 101 Å². The van der Waals surface area contributed by atoms with E-state index < -0.39 is 0 Å². The van der Waals surface area contributed by atoms with Crippen LogP contribution in [0.25, 0.3) is 0 Å². The van der Waals surface area contributed by atoms with E-state index in [4.69, 9.17) is 9.52 Å². The number of nitrogens with zero attached hydrogens (tertiary/aromatic N) is 2. The van der Waals surface area contributed by atoms with Crippen LogP contribution in [0, 0.1) is 5.92 Å². The van der Waals surface area contributed by atoms with Gasteiger partial charge in [0.15, 0.2) is 0 Å². The fourth-order valence-electron chi connectivity index (χ4n) is 1.02. The molecule has 1 aromatic rings. The lowest BCUT2D eigenvalue weighted by Crippen LogP contribution is -2.11. The molecule has 1 unspecified atom stereocenters. The van der Waals surface area contributed by atoms with Gasteiger partial charge in [-0.2, -0.15) is 11.8 Å². The van der Waals surface area contributed by atoms with Crippen LogP contribution >= 0.6 is 11.8 Å². The number of hydrogen-bond acceptors (Lipinski definition) is 5. The smallest absolute Gasteiger partial charge is 0.226 e. The van der Waals surface area contributed by atoms with Crippen LogP contribution in [0.1, 0.15) is 39.5 Å². The summed E-state index contributed by atoms with van der Waals surface area (Å²) in [5.41, 5.74) is -0.0890. The van der Waals surface area contributed by atoms with Crippen LogP contribution < -0.4 is 0 Å². The van der Waals surface area contributed by atoms with Crippen molar-refractivity contribution in [2.75, 3.05) is 12.4 Å². The summed E-state index contributed by atoms with van der Waals surface area (Å²) in [6.45, 7) is 8.38. The third-order valence-electron chi connectivity index (χ3n) is 2.05. The van der Waals surface area contributed by atoms with Crippen molar-refractivity contribution in [1.29, 1.82) is 0 Å². The van der Waals surface area contributed by atoms with Crippen LogP contribution in [-0.2, 0) is 11.2 Å². The average molecular weight is 244 g/mol. The van der Waals surface area contributed by atoms with Crippen molar-refractivity contribution in [3.63, 3.8) is 0 Å². The Morgan fingerprint density at radius 3 is 2.56 bits per heavy atom. The molecule has 0 bridgehead atoms. The number of aliphatic hydroxyl groups excluding tert-OH is 1. The zero-order valence-electron chi connectivity index (χ0n) is 10.4. The van der Waals surface area contributed by atoms with Gasteiger partial charge in [-0.15, -0.1) is 10.2 Å². The predicted molar refractivity (Wildman–Crippen MR) is 65.4 cm³/mol. The van der Waals surface area contributed by atoms with Gasteiger partial charge in [-0.25, -0.2) is 0 Å². The van der Waals surface area contributed by atoms with Crippen molar-refractivity contribution in [2.45, 2.75) is 38.9 Å². The first kappa shape index (κ1) is 13.5. The van der Waals surface area contributed by atoms with Gasteiger partial charge >= 0.3 is 0 Å². The molecule has 1 heterocycles. The van der Waals surface area contributed by atoms with Gasteiger partial charge in [-0.05, 0) is 11.7 Å². The fraction of sp³-hybridized carbons (Fsp3) is 0.818. The molecule has 0 aromatic carbocycles. The van der Waals surface area contributed by atoms with Gasteiger partial charge in [0.25, 0.3) is 0 Å². The zero-order valence-corrected chi connectivity index (χ0v) is 11.2. The van der Waals surface area contributed by atoms with E-state index in [9.17, 15) is 0 Å². The molecule has 1 atom stereocenters. The predicted octanol–water partition coefficient (Wildman–Crippen LogP) is 2.23. The number of rotatable bonds is 5. The minimum absolute atomic E-state index is 0.0890. The van der Waals surface area contributed by atoms with Crippen LogP contribution in [-0.4, -0.2) is 27.7 Å². The van der Waals surface area contributed by atoms with Crippen molar-refractivity contribution in [2.24, 2.45) is 5.92 Å². The molecule has 0 fully saturated rings. The molecule has 1 N–H and O–H groups in total. The Bertz CT molecular complexity index is 320.